The van der Waals surface area contributed by atoms with E-state index in [9.17, 15) is 13.2 Å². The number of rotatable bonds is 6. The smallest absolute Gasteiger partial charge is 0.421 e. The quantitative estimate of drug-likeness (QED) is 0.526. The number of hydrogen-bond acceptors (Lipinski definition) is 5. The molecule has 3 N–H and O–H groups in total. The molecule has 0 spiro atoms. The SMILES string of the molecule is COC(=O)NS(=O)(=O)NCCNC(C)C. The summed E-state index contributed by atoms with van der Waals surface area (Å²) in [5.41, 5.74) is 0. The normalized spacial score (nSPS) is 11.5. The lowest BCUT2D eigenvalue weighted by Gasteiger charge is -2.09. The zero-order chi connectivity index (χ0) is 11.9. The first-order valence-corrected chi connectivity index (χ1v) is 5.94. The van der Waals surface area contributed by atoms with Crippen molar-refractivity contribution in [2.24, 2.45) is 0 Å². The van der Waals surface area contributed by atoms with Gasteiger partial charge in [0.05, 0.1) is 7.11 Å². The molecule has 0 fully saturated rings. The van der Waals surface area contributed by atoms with E-state index in [0.717, 1.165) is 7.11 Å². The average Bonchev–Trinajstić information content (AvgIpc) is 2.11. The Morgan fingerprint density at radius 3 is 2.40 bits per heavy atom. The van der Waals surface area contributed by atoms with Gasteiger partial charge in [-0.2, -0.15) is 13.1 Å². The van der Waals surface area contributed by atoms with Gasteiger partial charge in [-0.25, -0.2) is 9.52 Å². The molecule has 0 aliphatic rings. The summed E-state index contributed by atoms with van der Waals surface area (Å²) in [6, 6.07) is 0.281. The molecular formula is C7H17N3O4S. The average molecular weight is 239 g/mol. The molecule has 0 aliphatic heterocycles. The molecule has 0 atom stereocenters. The summed E-state index contributed by atoms with van der Waals surface area (Å²) in [5, 5.41) is 3.01. The van der Waals surface area contributed by atoms with Crippen LogP contribution in [0.1, 0.15) is 13.8 Å². The van der Waals surface area contributed by atoms with E-state index >= 15 is 0 Å². The van der Waals surface area contributed by atoms with Gasteiger partial charge >= 0.3 is 16.3 Å². The fraction of sp³-hybridized carbons (Fsp3) is 0.857. The number of nitrogens with one attached hydrogen (secondary N) is 3. The van der Waals surface area contributed by atoms with Crippen LogP contribution in [0.2, 0.25) is 0 Å². The van der Waals surface area contributed by atoms with Gasteiger partial charge in [0, 0.05) is 19.1 Å². The molecule has 0 aromatic carbocycles. The molecule has 1 amide bonds. The van der Waals surface area contributed by atoms with E-state index in [-0.39, 0.29) is 12.6 Å². The Hall–Kier alpha value is -0.860. The number of hydrogen-bond donors (Lipinski definition) is 3. The summed E-state index contributed by atoms with van der Waals surface area (Å²) in [6.07, 6.45) is -1.01. The molecule has 7 nitrogen and oxygen atoms in total. The second-order valence-corrected chi connectivity index (χ2v) is 4.60. The highest BCUT2D eigenvalue weighted by molar-refractivity contribution is 7.88. The number of carbonyl (C=O) groups is 1. The maximum Gasteiger partial charge on any atom is 0.421 e. The molecule has 0 aromatic heterocycles. The lowest BCUT2D eigenvalue weighted by Crippen LogP contribution is -2.43. The summed E-state index contributed by atoms with van der Waals surface area (Å²) in [7, 11) is -2.72. The van der Waals surface area contributed by atoms with Gasteiger partial charge in [0.2, 0.25) is 0 Å². The largest absolute Gasteiger partial charge is 0.452 e. The van der Waals surface area contributed by atoms with E-state index in [1.807, 2.05) is 13.8 Å². The molecule has 90 valence electrons. The van der Waals surface area contributed by atoms with Crippen molar-refractivity contribution in [2.75, 3.05) is 20.2 Å². The zero-order valence-corrected chi connectivity index (χ0v) is 9.85. The Labute approximate surface area is 89.7 Å². The van der Waals surface area contributed by atoms with Gasteiger partial charge < -0.3 is 10.1 Å². The Balaban J connectivity index is 3.80. The molecule has 0 saturated carbocycles. The third-order valence-corrected chi connectivity index (χ3v) is 2.39. The van der Waals surface area contributed by atoms with Crippen LogP contribution in [-0.2, 0) is 14.9 Å². The van der Waals surface area contributed by atoms with E-state index in [0.29, 0.717) is 6.54 Å². The Morgan fingerprint density at radius 1 is 1.33 bits per heavy atom. The molecule has 0 heterocycles. The Bertz CT molecular complexity index is 289. The van der Waals surface area contributed by atoms with Crippen LogP contribution in [0.4, 0.5) is 4.79 Å². The molecule has 0 bridgehead atoms. The van der Waals surface area contributed by atoms with Crippen molar-refractivity contribution in [1.29, 1.82) is 0 Å². The summed E-state index contributed by atoms with van der Waals surface area (Å²) in [4.78, 5) is 10.6. The van der Waals surface area contributed by atoms with Gasteiger partial charge in [-0.05, 0) is 0 Å². The van der Waals surface area contributed by atoms with Crippen molar-refractivity contribution in [3.05, 3.63) is 0 Å². The van der Waals surface area contributed by atoms with Crippen molar-refractivity contribution < 1.29 is 17.9 Å². The first-order chi connectivity index (χ1) is 6.87. The van der Waals surface area contributed by atoms with E-state index < -0.39 is 16.3 Å². The standard InChI is InChI=1S/C7H17N3O4S/c1-6(2)8-4-5-9-15(12,13)10-7(11)14-3/h6,8-9H,4-5H2,1-3H3,(H,10,11). The lowest BCUT2D eigenvalue weighted by molar-refractivity contribution is 0.177. The van der Waals surface area contributed by atoms with Crippen molar-refractivity contribution in [3.63, 3.8) is 0 Å². The molecule has 0 aromatic rings. The highest BCUT2D eigenvalue weighted by atomic mass is 32.2. The predicted molar refractivity (Wildman–Crippen MR) is 55.6 cm³/mol. The molecule has 0 rings (SSSR count). The fourth-order valence-corrected chi connectivity index (χ4v) is 1.48. The van der Waals surface area contributed by atoms with Crippen LogP contribution in [0.5, 0.6) is 0 Å². The van der Waals surface area contributed by atoms with Crippen molar-refractivity contribution >= 4 is 16.3 Å². The van der Waals surface area contributed by atoms with E-state index in [1.54, 1.807) is 4.72 Å². The first-order valence-electron chi connectivity index (χ1n) is 4.46. The van der Waals surface area contributed by atoms with Crippen LogP contribution in [0.3, 0.4) is 0 Å². The second-order valence-electron chi connectivity index (χ2n) is 3.10. The van der Waals surface area contributed by atoms with E-state index in [2.05, 4.69) is 14.8 Å². The minimum atomic E-state index is -3.81. The molecule has 0 unspecified atom stereocenters. The summed E-state index contributed by atoms with van der Waals surface area (Å²) < 4.78 is 30.2. The third kappa shape index (κ3) is 8.16. The van der Waals surface area contributed by atoms with Gasteiger partial charge in [-0.3, -0.25) is 0 Å². The lowest BCUT2D eigenvalue weighted by atomic mass is 10.4. The number of amides is 1. The Kier molecular flexibility index (Phi) is 6.21. The number of carbonyl (C=O) groups excluding carboxylic acids is 1. The number of ether oxygens (including phenoxy) is 1. The minimum Gasteiger partial charge on any atom is -0.452 e. The van der Waals surface area contributed by atoms with E-state index in [4.69, 9.17) is 0 Å². The fourth-order valence-electron chi connectivity index (χ4n) is 0.734. The topological polar surface area (TPSA) is 96.5 Å². The van der Waals surface area contributed by atoms with Gasteiger partial charge in [-0.1, -0.05) is 13.8 Å². The van der Waals surface area contributed by atoms with Crippen LogP contribution in [0, 0.1) is 0 Å². The molecule has 8 heteroatoms. The van der Waals surface area contributed by atoms with Crippen LogP contribution in [0.15, 0.2) is 0 Å². The van der Waals surface area contributed by atoms with Crippen molar-refractivity contribution in [2.45, 2.75) is 19.9 Å². The third-order valence-electron chi connectivity index (χ3n) is 1.37. The molecule has 15 heavy (non-hydrogen) atoms. The predicted octanol–water partition coefficient (Wildman–Crippen LogP) is -0.825. The second kappa shape index (κ2) is 6.59. The van der Waals surface area contributed by atoms with Gasteiger partial charge in [-0.15, -0.1) is 0 Å². The van der Waals surface area contributed by atoms with Gasteiger partial charge in [0.25, 0.3) is 0 Å². The van der Waals surface area contributed by atoms with Gasteiger partial charge in [0.1, 0.15) is 0 Å². The summed E-state index contributed by atoms with van der Waals surface area (Å²) in [6.45, 7) is 4.58. The van der Waals surface area contributed by atoms with Crippen LogP contribution in [-0.4, -0.2) is 40.8 Å². The highest BCUT2D eigenvalue weighted by Crippen LogP contribution is 1.80. The monoisotopic (exact) mass is 239 g/mol. The molecular weight excluding hydrogens is 222 g/mol. The highest BCUT2D eigenvalue weighted by Gasteiger charge is 2.12. The maximum absolute atomic E-state index is 11.1. The maximum atomic E-state index is 11.1. The summed E-state index contributed by atoms with van der Waals surface area (Å²) in [5.74, 6) is 0. The molecule has 0 saturated heterocycles. The van der Waals surface area contributed by atoms with Crippen molar-refractivity contribution in [3.8, 4) is 0 Å². The van der Waals surface area contributed by atoms with Crippen LogP contribution >= 0.6 is 0 Å². The van der Waals surface area contributed by atoms with Crippen molar-refractivity contribution in [1.82, 2.24) is 14.8 Å². The van der Waals surface area contributed by atoms with Crippen LogP contribution < -0.4 is 14.8 Å². The first kappa shape index (κ1) is 14.1. The molecule has 0 radical (unpaired) electrons. The van der Waals surface area contributed by atoms with E-state index in [1.165, 1.54) is 0 Å². The zero-order valence-electron chi connectivity index (χ0n) is 9.03. The van der Waals surface area contributed by atoms with Crippen LogP contribution in [0.25, 0.3) is 0 Å². The Morgan fingerprint density at radius 2 is 1.93 bits per heavy atom. The molecule has 0 aliphatic carbocycles. The summed E-state index contributed by atoms with van der Waals surface area (Å²) >= 11 is 0. The minimum absolute atomic E-state index is 0.199. The van der Waals surface area contributed by atoms with Gasteiger partial charge in [0.15, 0.2) is 0 Å². The number of methoxy groups -OCH3 is 1.